The number of unbranched alkanes of at least 4 members (excludes halogenated alkanes) is 1. The molecular weight excluding hydrogens is 196 g/mol. The van der Waals surface area contributed by atoms with Crippen LogP contribution in [0.15, 0.2) is 0 Å². The molecule has 14 heavy (non-hydrogen) atoms. The van der Waals surface area contributed by atoms with E-state index in [0.29, 0.717) is 24.4 Å². The average molecular weight is 216 g/mol. The van der Waals surface area contributed by atoms with Gasteiger partial charge in [0.05, 0.1) is 4.99 Å². The number of rotatable bonds is 7. The molecule has 0 aromatic rings. The van der Waals surface area contributed by atoms with E-state index in [4.69, 9.17) is 18.0 Å². The Hall–Kier alpha value is -0.640. The van der Waals surface area contributed by atoms with Crippen molar-refractivity contribution in [2.45, 2.75) is 39.5 Å². The van der Waals surface area contributed by atoms with Crippen LogP contribution >= 0.6 is 12.2 Å². The van der Waals surface area contributed by atoms with E-state index < -0.39 is 0 Å². The summed E-state index contributed by atoms with van der Waals surface area (Å²) in [5.74, 6) is 0.214. The van der Waals surface area contributed by atoms with Crippen molar-refractivity contribution in [2.24, 2.45) is 5.73 Å². The van der Waals surface area contributed by atoms with Crippen molar-refractivity contribution in [1.29, 1.82) is 0 Å². The second-order valence-electron chi connectivity index (χ2n) is 3.29. The number of carbonyl (C=O) groups is 1. The minimum atomic E-state index is 0.214. The topological polar surface area (TPSA) is 46.3 Å². The highest BCUT2D eigenvalue weighted by Crippen LogP contribution is 2.01. The van der Waals surface area contributed by atoms with Crippen LogP contribution in [0.2, 0.25) is 0 Å². The zero-order valence-corrected chi connectivity index (χ0v) is 9.90. The smallest absolute Gasteiger partial charge is 0.222 e. The summed E-state index contributed by atoms with van der Waals surface area (Å²) in [4.78, 5) is 13.9. The SMILES string of the molecule is CCCCC(=O)N(CC)CCC(N)=S. The molecule has 0 fully saturated rings. The summed E-state index contributed by atoms with van der Waals surface area (Å²) in [6.45, 7) is 5.46. The molecule has 0 unspecified atom stereocenters. The average Bonchev–Trinajstić information content (AvgIpc) is 2.15. The van der Waals surface area contributed by atoms with Crippen molar-refractivity contribution in [3.63, 3.8) is 0 Å². The second kappa shape index (κ2) is 7.74. The third kappa shape index (κ3) is 5.91. The van der Waals surface area contributed by atoms with Gasteiger partial charge in [-0.25, -0.2) is 0 Å². The quantitative estimate of drug-likeness (QED) is 0.659. The first-order chi connectivity index (χ1) is 6.61. The van der Waals surface area contributed by atoms with Gasteiger partial charge in [0.2, 0.25) is 5.91 Å². The highest BCUT2D eigenvalue weighted by atomic mass is 32.1. The molecule has 0 spiro atoms. The monoisotopic (exact) mass is 216 g/mol. The molecular formula is C10H20N2OS. The van der Waals surface area contributed by atoms with Gasteiger partial charge in [0.1, 0.15) is 0 Å². The van der Waals surface area contributed by atoms with Gasteiger partial charge in [-0.1, -0.05) is 25.6 Å². The number of hydrogen-bond acceptors (Lipinski definition) is 2. The molecule has 3 nitrogen and oxygen atoms in total. The Bertz CT molecular complexity index is 195. The lowest BCUT2D eigenvalue weighted by Crippen LogP contribution is -2.33. The van der Waals surface area contributed by atoms with E-state index in [2.05, 4.69) is 6.92 Å². The zero-order chi connectivity index (χ0) is 11.0. The summed E-state index contributed by atoms with van der Waals surface area (Å²) >= 11 is 4.78. The van der Waals surface area contributed by atoms with Crippen molar-refractivity contribution in [3.8, 4) is 0 Å². The summed E-state index contributed by atoms with van der Waals surface area (Å²) in [6.07, 6.45) is 3.28. The Morgan fingerprint density at radius 3 is 2.43 bits per heavy atom. The molecule has 82 valence electrons. The van der Waals surface area contributed by atoms with Gasteiger partial charge in [0, 0.05) is 25.9 Å². The largest absolute Gasteiger partial charge is 0.393 e. The molecule has 0 aromatic heterocycles. The number of thiocarbonyl (C=S) groups is 1. The Balaban J connectivity index is 3.86. The maximum Gasteiger partial charge on any atom is 0.222 e. The summed E-state index contributed by atoms with van der Waals surface area (Å²) in [5.41, 5.74) is 5.39. The summed E-state index contributed by atoms with van der Waals surface area (Å²) < 4.78 is 0. The van der Waals surface area contributed by atoms with E-state index in [9.17, 15) is 4.79 Å². The fraction of sp³-hybridized carbons (Fsp3) is 0.800. The second-order valence-corrected chi connectivity index (χ2v) is 3.82. The van der Waals surface area contributed by atoms with Gasteiger partial charge in [-0.3, -0.25) is 4.79 Å². The normalized spacial score (nSPS) is 9.86. The predicted octanol–water partition coefficient (Wildman–Crippen LogP) is 1.70. The fourth-order valence-electron chi connectivity index (χ4n) is 1.19. The maximum absolute atomic E-state index is 11.6. The molecule has 0 heterocycles. The van der Waals surface area contributed by atoms with E-state index in [1.807, 2.05) is 11.8 Å². The van der Waals surface area contributed by atoms with Crippen molar-refractivity contribution in [1.82, 2.24) is 4.90 Å². The van der Waals surface area contributed by atoms with E-state index >= 15 is 0 Å². The molecule has 0 aliphatic carbocycles. The number of carbonyl (C=O) groups excluding carboxylic acids is 1. The summed E-state index contributed by atoms with van der Waals surface area (Å²) in [6, 6.07) is 0. The van der Waals surface area contributed by atoms with Gasteiger partial charge in [-0.05, 0) is 13.3 Å². The third-order valence-corrected chi connectivity index (χ3v) is 2.31. The molecule has 1 amide bonds. The molecule has 0 radical (unpaired) electrons. The van der Waals surface area contributed by atoms with Crippen LogP contribution in [-0.2, 0) is 4.79 Å². The van der Waals surface area contributed by atoms with Crippen LogP contribution < -0.4 is 5.73 Å². The van der Waals surface area contributed by atoms with Gasteiger partial charge < -0.3 is 10.6 Å². The van der Waals surface area contributed by atoms with E-state index in [-0.39, 0.29) is 5.91 Å². The Morgan fingerprint density at radius 2 is 2.00 bits per heavy atom. The van der Waals surface area contributed by atoms with Gasteiger partial charge >= 0.3 is 0 Å². The van der Waals surface area contributed by atoms with Gasteiger partial charge in [-0.2, -0.15) is 0 Å². The lowest BCUT2D eigenvalue weighted by Gasteiger charge is -2.20. The molecule has 0 saturated heterocycles. The zero-order valence-electron chi connectivity index (χ0n) is 9.08. The van der Waals surface area contributed by atoms with E-state index in [1.54, 1.807) is 0 Å². The first kappa shape index (κ1) is 13.4. The Kier molecular flexibility index (Phi) is 7.38. The van der Waals surface area contributed by atoms with Crippen molar-refractivity contribution >= 4 is 23.1 Å². The molecule has 0 aromatic carbocycles. The first-order valence-electron chi connectivity index (χ1n) is 5.17. The summed E-state index contributed by atoms with van der Waals surface area (Å²) in [5, 5.41) is 0. The molecule has 2 N–H and O–H groups in total. The van der Waals surface area contributed by atoms with Crippen LogP contribution in [0.3, 0.4) is 0 Å². The van der Waals surface area contributed by atoms with Crippen LogP contribution in [0, 0.1) is 0 Å². The van der Waals surface area contributed by atoms with Gasteiger partial charge in [0.15, 0.2) is 0 Å². The van der Waals surface area contributed by atoms with Gasteiger partial charge in [0.25, 0.3) is 0 Å². The molecule has 0 bridgehead atoms. The molecule has 0 aliphatic heterocycles. The molecule has 4 heteroatoms. The minimum absolute atomic E-state index is 0.214. The van der Waals surface area contributed by atoms with Crippen molar-refractivity contribution in [2.75, 3.05) is 13.1 Å². The number of amides is 1. The highest BCUT2D eigenvalue weighted by Gasteiger charge is 2.10. The number of nitrogens with two attached hydrogens (primary N) is 1. The van der Waals surface area contributed by atoms with Crippen LogP contribution in [0.5, 0.6) is 0 Å². The number of hydrogen-bond donors (Lipinski definition) is 1. The first-order valence-corrected chi connectivity index (χ1v) is 5.58. The van der Waals surface area contributed by atoms with Crippen molar-refractivity contribution in [3.05, 3.63) is 0 Å². The lowest BCUT2D eigenvalue weighted by molar-refractivity contribution is -0.131. The maximum atomic E-state index is 11.6. The van der Waals surface area contributed by atoms with Crippen LogP contribution in [0.4, 0.5) is 0 Å². The van der Waals surface area contributed by atoms with Crippen LogP contribution in [0.1, 0.15) is 39.5 Å². The fourth-order valence-corrected chi connectivity index (χ4v) is 1.28. The van der Waals surface area contributed by atoms with E-state index in [1.165, 1.54) is 0 Å². The molecule has 0 aliphatic rings. The van der Waals surface area contributed by atoms with Crippen molar-refractivity contribution < 1.29 is 4.79 Å². The van der Waals surface area contributed by atoms with E-state index in [0.717, 1.165) is 19.4 Å². The molecule has 0 rings (SSSR count). The van der Waals surface area contributed by atoms with Crippen LogP contribution in [0.25, 0.3) is 0 Å². The Morgan fingerprint density at radius 1 is 1.36 bits per heavy atom. The Labute approximate surface area is 91.6 Å². The third-order valence-electron chi connectivity index (χ3n) is 2.11. The van der Waals surface area contributed by atoms with Gasteiger partial charge in [-0.15, -0.1) is 0 Å². The predicted molar refractivity (Wildman–Crippen MR) is 63.2 cm³/mol. The lowest BCUT2D eigenvalue weighted by atomic mass is 10.2. The molecule has 0 saturated carbocycles. The summed E-state index contributed by atoms with van der Waals surface area (Å²) in [7, 11) is 0. The number of nitrogens with zero attached hydrogens (tertiary/aromatic N) is 1. The van der Waals surface area contributed by atoms with Crippen LogP contribution in [-0.4, -0.2) is 28.9 Å². The highest BCUT2D eigenvalue weighted by molar-refractivity contribution is 7.80. The standard InChI is InChI=1S/C10H20N2OS/c1-3-5-6-10(13)12(4-2)8-7-9(11)14/h3-8H2,1-2H3,(H2,11,14). The molecule has 0 atom stereocenters. The minimum Gasteiger partial charge on any atom is -0.393 e.